The maximum Gasteiger partial charge on any atom is 0.256 e. The summed E-state index contributed by atoms with van der Waals surface area (Å²) >= 11 is 1.18. The van der Waals surface area contributed by atoms with Gasteiger partial charge in [-0.2, -0.15) is 0 Å². The van der Waals surface area contributed by atoms with Gasteiger partial charge in [-0.15, -0.1) is 11.3 Å². The average molecular weight is 310 g/mol. The van der Waals surface area contributed by atoms with Gasteiger partial charge in [-0.25, -0.2) is 8.78 Å². The van der Waals surface area contributed by atoms with Crippen LogP contribution < -0.4 is 11.1 Å². The van der Waals surface area contributed by atoms with Crippen molar-refractivity contribution in [2.45, 2.75) is 13.8 Å². The molecule has 0 saturated heterocycles. The van der Waals surface area contributed by atoms with Crippen LogP contribution in [0.2, 0.25) is 0 Å². The topological polar surface area (TPSA) is 72.2 Å². The Bertz CT molecular complexity index is 721. The largest absolute Gasteiger partial charge is 0.365 e. The molecule has 1 aromatic carbocycles. The number of hydrogen-bond acceptors (Lipinski definition) is 3. The van der Waals surface area contributed by atoms with E-state index in [1.54, 1.807) is 13.8 Å². The normalized spacial score (nSPS) is 10.5. The average Bonchev–Trinajstić information content (AvgIpc) is 2.63. The minimum atomic E-state index is -0.853. The lowest BCUT2D eigenvalue weighted by Gasteiger charge is -2.05. The molecule has 0 radical (unpaired) electrons. The molecule has 110 valence electrons. The van der Waals surface area contributed by atoms with Gasteiger partial charge in [0, 0.05) is 16.5 Å². The van der Waals surface area contributed by atoms with Crippen molar-refractivity contribution < 1.29 is 18.4 Å². The Kier molecular flexibility index (Phi) is 4.04. The van der Waals surface area contributed by atoms with E-state index in [1.807, 2.05) is 0 Å². The van der Waals surface area contributed by atoms with Gasteiger partial charge in [0.05, 0.1) is 5.56 Å². The summed E-state index contributed by atoms with van der Waals surface area (Å²) in [4.78, 5) is 24.3. The number of nitrogens with one attached hydrogen (secondary N) is 1. The van der Waals surface area contributed by atoms with Crippen molar-refractivity contribution in [3.8, 4) is 0 Å². The van der Waals surface area contributed by atoms with E-state index in [2.05, 4.69) is 5.32 Å². The lowest BCUT2D eigenvalue weighted by Crippen LogP contribution is -2.17. The molecule has 0 bridgehead atoms. The molecule has 4 nitrogen and oxygen atoms in total. The molecule has 2 aromatic rings. The van der Waals surface area contributed by atoms with Gasteiger partial charge < -0.3 is 11.1 Å². The first-order chi connectivity index (χ1) is 9.79. The van der Waals surface area contributed by atoms with Crippen LogP contribution in [-0.2, 0) is 0 Å². The smallest absolute Gasteiger partial charge is 0.256 e. The van der Waals surface area contributed by atoms with Crippen LogP contribution in [0.5, 0.6) is 0 Å². The second-order valence-corrected chi connectivity index (χ2v) is 5.69. The molecule has 0 unspecified atom stereocenters. The zero-order chi connectivity index (χ0) is 15.7. The van der Waals surface area contributed by atoms with E-state index < -0.39 is 23.4 Å². The second kappa shape index (κ2) is 5.61. The predicted octanol–water partition coefficient (Wildman–Crippen LogP) is 2.99. The van der Waals surface area contributed by atoms with E-state index in [-0.39, 0.29) is 16.1 Å². The number of amides is 2. The van der Waals surface area contributed by atoms with E-state index >= 15 is 0 Å². The summed E-state index contributed by atoms with van der Waals surface area (Å²) in [5.74, 6) is -3.09. The molecule has 21 heavy (non-hydrogen) atoms. The van der Waals surface area contributed by atoms with Crippen LogP contribution in [0.15, 0.2) is 18.2 Å². The number of carbonyl (C=O) groups is 2. The lowest BCUT2D eigenvalue weighted by molar-refractivity contribution is 0.100. The van der Waals surface area contributed by atoms with Crippen molar-refractivity contribution in [2.24, 2.45) is 5.73 Å². The quantitative estimate of drug-likeness (QED) is 0.914. The standard InChI is InChI=1S/C14H12F2N2O2S/c1-6-7(2)21-14(11(6)12(17)19)18-13(20)8-3-9(15)5-10(16)4-8/h3-5H,1-2H3,(H2,17,19)(H,18,20). The summed E-state index contributed by atoms with van der Waals surface area (Å²) < 4.78 is 26.2. The number of benzene rings is 1. The third-order valence-electron chi connectivity index (χ3n) is 2.98. The summed E-state index contributed by atoms with van der Waals surface area (Å²) in [6.45, 7) is 3.49. The molecule has 0 aliphatic carbocycles. The van der Waals surface area contributed by atoms with Crippen LogP contribution >= 0.6 is 11.3 Å². The molecule has 0 aliphatic rings. The molecular weight excluding hydrogens is 298 g/mol. The van der Waals surface area contributed by atoms with Crippen LogP contribution in [0, 0.1) is 25.5 Å². The van der Waals surface area contributed by atoms with E-state index in [0.717, 1.165) is 17.0 Å². The number of rotatable bonds is 3. The molecule has 3 N–H and O–H groups in total. The van der Waals surface area contributed by atoms with Gasteiger partial charge in [-0.05, 0) is 31.5 Å². The van der Waals surface area contributed by atoms with Crippen LogP contribution in [0.4, 0.5) is 13.8 Å². The van der Waals surface area contributed by atoms with Crippen LogP contribution in [0.1, 0.15) is 31.2 Å². The molecule has 2 rings (SSSR count). The second-order valence-electron chi connectivity index (χ2n) is 4.46. The van der Waals surface area contributed by atoms with Crippen LogP contribution in [0.25, 0.3) is 0 Å². The van der Waals surface area contributed by atoms with Crippen molar-refractivity contribution in [3.63, 3.8) is 0 Å². The van der Waals surface area contributed by atoms with Crippen molar-refractivity contribution in [1.82, 2.24) is 0 Å². The Morgan fingerprint density at radius 1 is 1.14 bits per heavy atom. The van der Waals surface area contributed by atoms with E-state index in [0.29, 0.717) is 11.6 Å². The van der Waals surface area contributed by atoms with Gasteiger partial charge in [-0.1, -0.05) is 0 Å². The van der Waals surface area contributed by atoms with Gasteiger partial charge in [0.1, 0.15) is 16.6 Å². The summed E-state index contributed by atoms with van der Waals surface area (Å²) in [6, 6.07) is 2.50. The summed E-state index contributed by atoms with van der Waals surface area (Å²) in [5, 5.41) is 2.74. The fraction of sp³-hybridized carbons (Fsp3) is 0.143. The minimum Gasteiger partial charge on any atom is -0.365 e. The van der Waals surface area contributed by atoms with Crippen molar-refractivity contribution >= 4 is 28.2 Å². The van der Waals surface area contributed by atoms with Gasteiger partial charge in [-0.3, -0.25) is 9.59 Å². The molecule has 0 saturated carbocycles. The number of halogens is 2. The molecule has 2 amide bonds. The third-order valence-corrected chi connectivity index (χ3v) is 4.11. The van der Waals surface area contributed by atoms with Gasteiger partial charge in [0.15, 0.2) is 0 Å². The number of hydrogen-bond donors (Lipinski definition) is 2. The van der Waals surface area contributed by atoms with Crippen LogP contribution in [0.3, 0.4) is 0 Å². The minimum absolute atomic E-state index is 0.174. The summed E-state index contributed by atoms with van der Waals surface area (Å²) in [5.41, 5.74) is 6.00. The first-order valence-electron chi connectivity index (χ1n) is 5.97. The monoisotopic (exact) mass is 310 g/mol. The zero-order valence-corrected chi connectivity index (χ0v) is 12.1. The number of aryl methyl sites for hydroxylation is 1. The van der Waals surface area contributed by atoms with Gasteiger partial charge >= 0.3 is 0 Å². The fourth-order valence-corrected chi connectivity index (χ4v) is 2.93. The number of anilines is 1. The molecule has 7 heteroatoms. The Morgan fingerprint density at radius 2 is 1.71 bits per heavy atom. The molecule has 0 fully saturated rings. The maximum atomic E-state index is 13.1. The highest BCUT2D eigenvalue weighted by Gasteiger charge is 2.20. The number of nitrogens with two attached hydrogens (primary N) is 1. The number of primary amides is 1. The van der Waals surface area contributed by atoms with Crippen LogP contribution in [-0.4, -0.2) is 11.8 Å². The summed E-state index contributed by atoms with van der Waals surface area (Å²) in [6.07, 6.45) is 0. The molecule has 1 aromatic heterocycles. The Morgan fingerprint density at radius 3 is 2.24 bits per heavy atom. The third kappa shape index (κ3) is 3.08. The first kappa shape index (κ1) is 15.1. The van der Waals surface area contributed by atoms with E-state index in [4.69, 9.17) is 5.73 Å². The molecule has 0 aliphatic heterocycles. The number of thiophene rings is 1. The van der Waals surface area contributed by atoms with E-state index in [1.165, 1.54) is 11.3 Å². The van der Waals surface area contributed by atoms with Crippen molar-refractivity contribution in [1.29, 1.82) is 0 Å². The lowest BCUT2D eigenvalue weighted by atomic mass is 10.1. The fourth-order valence-electron chi connectivity index (χ4n) is 1.87. The molecule has 0 spiro atoms. The molecule has 0 atom stereocenters. The molecular formula is C14H12F2N2O2S. The van der Waals surface area contributed by atoms with Crippen molar-refractivity contribution in [3.05, 3.63) is 51.4 Å². The predicted molar refractivity (Wildman–Crippen MR) is 76.6 cm³/mol. The highest BCUT2D eigenvalue weighted by molar-refractivity contribution is 7.16. The Balaban J connectivity index is 2.36. The first-order valence-corrected chi connectivity index (χ1v) is 6.78. The van der Waals surface area contributed by atoms with Crippen molar-refractivity contribution in [2.75, 3.05) is 5.32 Å². The Labute approximate surface area is 123 Å². The van der Waals surface area contributed by atoms with Gasteiger partial charge in [0.25, 0.3) is 11.8 Å². The Hall–Kier alpha value is -2.28. The summed E-state index contributed by atoms with van der Waals surface area (Å²) in [7, 11) is 0. The number of carbonyl (C=O) groups excluding carboxylic acids is 2. The van der Waals surface area contributed by atoms with E-state index in [9.17, 15) is 18.4 Å². The maximum absolute atomic E-state index is 13.1. The SMILES string of the molecule is Cc1sc(NC(=O)c2cc(F)cc(F)c2)c(C(N)=O)c1C. The van der Waals surface area contributed by atoms with Gasteiger partial charge in [0.2, 0.25) is 0 Å². The highest BCUT2D eigenvalue weighted by atomic mass is 32.1. The highest BCUT2D eigenvalue weighted by Crippen LogP contribution is 2.32. The zero-order valence-electron chi connectivity index (χ0n) is 11.3. The molecule has 1 heterocycles.